The zero-order valence-corrected chi connectivity index (χ0v) is 14.0. The molecule has 2 aliphatic carbocycles. The van der Waals surface area contributed by atoms with Gasteiger partial charge in [-0.1, -0.05) is 18.2 Å². The summed E-state index contributed by atoms with van der Waals surface area (Å²) < 4.78 is 0. The third-order valence-electron chi connectivity index (χ3n) is 5.57. The van der Waals surface area contributed by atoms with E-state index in [9.17, 15) is 24.5 Å². The Kier molecular flexibility index (Phi) is 3.64. The van der Waals surface area contributed by atoms with Crippen molar-refractivity contribution in [2.45, 2.75) is 13.3 Å². The smallest absolute Gasteiger partial charge is 0.271 e. The molecule has 2 fully saturated rings. The van der Waals surface area contributed by atoms with Crippen LogP contribution in [0.2, 0.25) is 0 Å². The number of aryl methyl sites for hydroxylation is 1. The highest BCUT2D eigenvalue weighted by Gasteiger charge is 2.59. The van der Waals surface area contributed by atoms with Crippen molar-refractivity contribution in [1.82, 2.24) is 4.90 Å². The molecule has 1 N–H and O–H groups in total. The molecule has 134 valence electrons. The van der Waals surface area contributed by atoms with Crippen LogP contribution in [-0.4, -0.2) is 34.1 Å². The van der Waals surface area contributed by atoms with E-state index in [4.69, 9.17) is 0 Å². The van der Waals surface area contributed by atoms with Crippen LogP contribution in [0.1, 0.15) is 12.0 Å². The monoisotopic (exact) mass is 355 g/mol. The number of anilines is 1. The Hall–Kier alpha value is -3.03. The molecular weight excluding hydrogens is 338 g/mol. The van der Waals surface area contributed by atoms with E-state index in [1.807, 2.05) is 12.2 Å². The number of fused-ring (bicyclic) bond motifs is 5. The molecule has 1 saturated heterocycles. The average molecular weight is 355 g/mol. The maximum absolute atomic E-state index is 12.6. The quantitative estimate of drug-likeness (QED) is 0.382. The normalized spacial score (nSPS) is 28.6. The fourth-order valence-electron chi connectivity index (χ4n) is 4.31. The number of nitro benzene ring substituents is 1. The van der Waals surface area contributed by atoms with E-state index in [0.717, 1.165) is 11.3 Å². The lowest BCUT2D eigenvalue weighted by atomic mass is 9.85. The van der Waals surface area contributed by atoms with Crippen molar-refractivity contribution in [2.24, 2.45) is 23.7 Å². The van der Waals surface area contributed by atoms with Crippen molar-refractivity contribution >= 4 is 29.1 Å². The predicted octanol–water partition coefficient (Wildman–Crippen LogP) is 1.65. The number of rotatable bonds is 4. The van der Waals surface area contributed by atoms with Crippen LogP contribution < -0.4 is 5.32 Å². The molecule has 0 radical (unpaired) electrons. The van der Waals surface area contributed by atoms with E-state index < -0.39 is 10.8 Å². The summed E-state index contributed by atoms with van der Waals surface area (Å²) in [6.45, 7) is 1.34. The van der Waals surface area contributed by atoms with Gasteiger partial charge in [0, 0.05) is 12.1 Å². The van der Waals surface area contributed by atoms with E-state index in [1.165, 1.54) is 18.2 Å². The van der Waals surface area contributed by atoms with Gasteiger partial charge in [0.15, 0.2) is 0 Å². The van der Waals surface area contributed by atoms with Crippen LogP contribution in [-0.2, 0) is 14.4 Å². The number of hydrogen-bond acceptors (Lipinski definition) is 5. The first-order chi connectivity index (χ1) is 12.4. The predicted molar refractivity (Wildman–Crippen MR) is 90.9 cm³/mol. The summed E-state index contributed by atoms with van der Waals surface area (Å²) in [5.74, 6) is -1.63. The molecule has 0 spiro atoms. The molecule has 3 amide bonds. The average Bonchev–Trinajstić information content (AvgIpc) is 3.26. The number of amides is 3. The van der Waals surface area contributed by atoms with Crippen LogP contribution in [0.25, 0.3) is 0 Å². The van der Waals surface area contributed by atoms with E-state index in [0.29, 0.717) is 11.3 Å². The van der Waals surface area contributed by atoms with Crippen LogP contribution in [0.5, 0.6) is 0 Å². The first kappa shape index (κ1) is 16.4. The Morgan fingerprint density at radius 1 is 1.23 bits per heavy atom. The highest BCUT2D eigenvalue weighted by molar-refractivity contribution is 6.09. The highest BCUT2D eigenvalue weighted by Crippen LogP contribution is 2.52. The number of non-ortho nitro benzene ring substituents is 1. The van der Waals surface area contributed by atoms with Gasteiger partial charge >= 0.3 is 0 Å². The Bertz CT molecular complexity index is 848. The molecule has 1 aromatic carbocycles. The van der Waals surface area contributed by atoms with Crippen LogP contribution >= 0.6 is 0 Å². The van der Waals surface area contributed by atoms with Crippen molar-refractivity contribution in [3.05, 3.63) is 46.0 Å². The minimum absolute atomic E-state index is 0.0912. The molecule has 1 aliphatic heterocycles. The summed E-state index contributed by atoms with van der Waals surface area (Å²) in [7, 11) is 0. The maximum atomic E-state index is 12.6. The van der Waals surface area contributed by atoms with Crippen LogP contribution in [0.4, 0.5) is 11.4 Å². The number of imide groups is 1. The van der Waals surface area contributed by atoms with Crippen molar-refractivity contribution in [3.63, 3.8) is 0 Å². The van der Waals surface area contributed by atoms with Crippen LogP contribution in [0.15, 0.2) is 30.4 Å². The lowest BCUT2D eigenvalue weighted by Gasteiger charge is -2.17. The maximum Gasteiger partial charge on any atom is 0.271 e. The van der Waals surface area contributed by atoms with Crippen molar-refractivity contribution < 1.29 is 19.3 Å². The lowest BCUT2D eigenvalue weighted by molar-refractivity contribution is -0.384. The van der Waals surface area contributed by atoms with Gasteiger partial charge in [-0.25, -0.2) is 0 Å². The Morgan fingerprint density at radius 3 is 2.42 bits per heavy atom. The number of allylic oxidation sites excluding steroid dienone is 2. The molecule has 0 unspecified atom stereocenters. The van der Waals surface area contributed by atoms with E-state index in [2.05, 4.69) is 5.32 Å². The number of carbonyl (C=O) groups is 3. The van der Waals surface area contributed by atoms with Gasteiger partial charge < -0.3 is 5.32 Å². The molecule has 8 nitrogen and oxygen atoms in total. The van der Waals surface area contributed by atoms with Gasteiger partial charge in [0.2, 0.25) is 17.7 Å². The number of nitro groups is 1. The van der Waals surface area contributed by atoms with Gasteiger partial charge in [0.25, 0.3) is 5.69 Å². The summed E-state index contributed by atoms with van der Waals surface area (Å²) in [5.41, 5.74) is 0.809. The summed E-state index contributed by atoms with van der Waals surface area (Å²) in [5, 5.41) is 13.5. The van der Waals surface area contributed by atoms with Gasteiger partial charge in [0.1, 0.15) is 6.54 Å². The Balaban J connectivity index is 1.48. The van der Waals surface area contributed by atoms with Crippen molar-refractivity contribution in [3.8, 4) is 0 Å². The third-order valence-corrected chi connectivity index (χ3v) is 5.57. The van der Waals surface area contributed by atoms with Crippen molar-refractivity contribution in [1.29, 1.82) is 0 Å². The zero-order chi connectivity index (χ0) is 18.6. The molecule has 1 aromatic rings. The molecule has 8 heteroatoms. The van der Waals surface area contributed by atoms with E-state index in [-0.39, 0.29) is 47.7 Å². The highest BCUT2D eigenvalue weighted by atomic mass is 16.6. The number of benzene rings is 1. The SMILES string of the molecule is Cc1ccc([N+](=O)[O-])cc1NC(=O)CN1C(=O)[C@H]2[C@H](C1=O)[C@H]1C=C[C@H]2C1. The second-order valence-electron chi connectivity index (χ2n) is 7.07. The van der Waals surface area contributed by atoms with Crippen molar-refractivity contribution in [2.75, 3.05) is 11.9 Å². The molecule has 1 heterocycles. The molecule has 1 saturated carbocycles. The molecule has 4 rings (SSSR count). The van der Waals surface area contributed by atoms with E-state index >= 15 is 0 Å². The minimum Gasteiger partial charge on any atom is -0.324 e. The van der Waals surface area contributed by atoms with Gasteiger partial charge in [0.05, 0.1) is 22.4 Å². The standard InChI is InChI=1S/C18H17N3O5/c1-9-2-5-12(21(25)26)7-13(9)19-14(22)8-20-17(23)15-10-3-4-11(6-10)16(15)18(20)24/h2-5,7,10-11,15-16H,6,8H2,1H3,(H,19,22)/t10-,11-,15+,16+/m0/s1. The molecule has 3 aliphatic rings. The minimum atomic E-state index is -0.549. The number of carbonyl (C=O) groups excluding carboxylic acids is 3. The number of nitrogens with zero attached hydrogens (tertiary/aromatic N) is 2. The Morgan fingerprint density at radius 2 is 1.85 bits per heavy atom. The Labute approximate surface area is 149 Å². The first-order valence-electron chi connectivity index (χ1n) is 8.45. The van der Waals surface area contributed by atoms with Gasteiger partial charge in [-0.2, -0.15) is 0 Å². The van der Waals surface area contributed by atoms with Gasteiger partial charge in [-0.3, -0.25) is 29.4 Å². The molecule has 0 aromatic heterocycles. The van der Waals surface area contributed by atoms with E-state index in [1.54, 1.807) is 6.92 Å². The summed E-state index contributed by atoms with van der Waals surface area (Å²) in [6, 6.07) is 4.15. The summed E-state index contributed by atoms with van der Waals surface area (Å²) in [4.78, 5) is 48.9. The molecule has 2 bridgehead atoms. The second-order valence-corrected chi connectivity index (χ2v) is 7.07. The number of likely N-dealkylation sites (tertiary alicyclic amines) is 1. The van der Waals surface area contributed by atoms with Crippen LogP contribution in [0.3, 0.4) is 0 Å². The van der Waals surface area contributed by atoms with Gasteiger partial charge in [-0.15, -0.1) is 0 Å². The second kappa shape index (κ2) is 5.76. The summed E-state index contributed by atoms with van der Waals surface area (Å²) in [6.07, 6.45) is 4.82. The van der Waals surface area contributed by atoms with Crippen LogP contribution in [0, 0.1) is 40.7 Å². The largest absolute Gasteiger partial charge is 0.324 e. The summed E-state index contributed by atoms with van der Waals surface area (Å²) >= 11 is 0. The fourth-order valence-corrected chi connectivity index (χ4v) is 4.31. The van der Waals surface area contributed by atoms with Gasteiger partial charge in [-0.05, 0) is 30.7 Å². The molecule has 26 heavy (non-hydrogen) atoms. The molecule has 4 atom stereocenters. The third kappa shape index (κ3) is 2.40. The topological polar surface area (TPSA) is 110 Å². The number of nitrogens with one attached hydrogen (secondary N) is 1. The lowest BCUT2D eigenvalue weighted by Crippen LogP contribution is -2.39. The fraction of sp³-hybridized carbons (Fsp3) is 0.389. The molecular formula is C18H17N3O5. The first-order valence-corrected chi connectivity index (χ1v) is 8.45. The number of hydrogen-bond donors (Lipinski definition) is 1. The zero-order valence-electron chi connectivity index (χ0n) is 14.0.